The van der Waals surface area contributed by atoms with Crippen LogP contribution in [0.1, 0.15) is 50.7 Å². The van der Waals surface area contributed by atoms with Crippen molar-refractivity contribution in [2.45, 2.75) is 52.1 Å². The molecule has 0 amide bonds. The molecule has 0 atom stereocenters. The molecule has 0 unspecified atom stereocenters. The maximum Gasteiger partial charge on any atom is 0.138 e. The molecule has 154 valence electrons. The Morgan fingerprint density at radius 1 is 1.17 bits per heavy atom. The van der Waals surface area contributed by atoms with E-state index in [-0.39, 0.29) is 17.9 Å². The molecule has 0 aliphatic heterocycles. The summed E-state index contributed by atoms with van der Waals surface area (Å²) in [5, 5.41) is 10.3. The quantitative estimate of drug-likeness (QED) is 0.473. The summed E-state index contributed by atoms with van der Waals surface area (Å²) in [5.74, 6) is -0.858. The van der Waals surface area contributed by atoms with Crippen molar-refractivity contribution in [2.24, 2.45) is 16.1 Å². The molecule has 1 fully saturated rings. The zero-order chi connectivity index (χ0) is 21.0. The standard InChI is InChI=1S/C23H28F2N4/c1-23(2)11-9-17(10-12-23)28-13-19-20(24)8-7-18(21(19)25)15-3-5-16(6-4-15)22(27)29-14-26/h3-8,14,17,28H,9-13H2,1-2H3,(H3,26,27,29). The van der Waals surface area contributed by atoms with Crippen molar-refractivity contribution >= 4 is 12.2 Å². The minimum atomic E-state index is -0.539. The Bertz CT molecular complexity index is 894. The lowest BCUT2D eigenvalue weighted by Crippen LogP contribution is -2.35. The molecule has 0 aromatic heterocycles. The normalized spacial score (nSPS) is 17.3. The number of nitrogens with two attached hydrogens (primary N) is 1. The van der Waals surface area contributed by atoms with Crippen molar-refractivity contribution in [3.8, 4) is 11.1 Å². The molecule has 0 heterocycles. The zero-order valence-corrected chi connectivity index (χ0v) is 16.9. The number of hydrogen-bond acceptors (Lipinski definition) is 2. The van der Waals surface area contributed by atoms with Crippen LogP contribution in [0.5, 0.6) is 0 Å². The van der Waals surface area contributed by atoms with E-state index in [1.807, 2.05) is 0 Å². The van der Waals surface area contributed by atoms with Crippen LogP contribution in [0.2, 0.25) is 0 Å². The summed E-state index contributed by atoms with van der Waals surface area (Å²) in [6, 6.07) is 9.93. The molecule has 1 aliphatic carbocycles. The molecule has 1 aliphatic rings. The second kappa shape index (κ2) is 8.82. The van der Waals surface area contributed by atoms with Crippen LogP contribution in [-0.4, -0.2) is 18.2 Å². The fourth-order valence-electron chi connectivity index (χ4n) is 3.80. The third-order valence-corrected chi connectivity index (χ3v) is 5.79. The Morgan fingerprint density at radius 2 is 1.83 bits per heavy atom. The Balaban J connectivity index is 1.77. The van der Waals surface area contributed by atoms with Crippen LogP contribution in [0.4, 0.5) is 8.78 Å². The van der Waals surface area contributed by atoms with Crippen LogP contribution in [0.25, 0.3) is 11.1 Å². The van der Waals surface area contributed by atoms with Crippen molar-refractivity contribution in [3.63, 3.8) is 0 Å². The van der Waals surface area contributed by atoms with E-state index in [4.69, 9.17) is 11.1 Å². The average Bonchev–Trinajstić information content (AvgIpc) is 2.69. The van der Waals surface area contributed by atoms with E-state index in [1.54, 1.807) is 24.3 Å². The van der Waals surface area contributed by atoms with E-state index >= 15 is 4.39 Å². The minimum Gasteiger partial charge on any atom is -0.383 e. The number of rotatable bonds is 6. The fraction of sp³-hybridized carbons (Fsp3) is 0.391. The molecule has 0 bridgehead atoms. The molecule has 2 aromatic rings. The number of nitrogens with zero attached hydrogens (tertiary/aromatic N) is 1. The van der Waals surface area contributed by atoms with Gasteiger partial charge in [-0.3, -0.25) is 5.41 Å². The summed E-state index contributed by atoms with van der Waals surface area (Å²) in [7, 11) is 0. The van der Waals surface area contributed by atoms with Gasteiger partial charge in [0, 0.05) is 29.3 Å². The van der Waals surface area contributed by atoms with Crippen LogP contribution in [-0.2, 0) is 6.54 Å². The number of benzene rings is 2. The second-order valence-electron chi connectivity index (χ2n) is 8.43. The first-order valence-corrected chi connectivity index (χ1v) is 9.94. The van der Waals surface area contributed by atoms with Gasteiger partial charge in [0.05, 0.1) is 0 Å². The molecule has 4 nitrogen and oxygen atoms in total. The van der Waals surface area contributed by atoms with Crippen LogP contribution in [0.15, 0.2) is 41.4 Å². The first-order valence-electron chi connectivity index (χ1n) is 9.94. The lowest BCUT2D eigenvalue weighted by Gasteiger charge is -2.34. The van der Waals surface area contributed by atoms with E-state index in [0.717, 1.165) is 32.0 Å². The van der Waals surface area contributed by atoms with Crippen LogP contribution >= 0.6 is 0 Å². The van der Waals surface area contributed by atoms with E-state index in [9.17, 15) is 4.39 Å². The van der Waals surface area contributed by atoms with Crippen molar-refractivity contribution in [1.82, 2.24) is 5.32 Å². The molecule has 29 heavy (non-hydrogen) atoms. The number of nitrogens with one attached hydrogen (secondary N) is 2. The number of aliphatic imine (C=N–C) groups is 1. The van der Waals surface area contributed by atoms with Gasteiger partial charge in [0.1, 0.15) is 23.8 Å². The first-order chi connectivity index (χ1) is 13.8. The fourth-order valence-corrected chi connectivity index (χ4v) is 3.80. The average molecular weight is 399 g/mol. The van der Waals surface area contributed by atoms with Crippen molar-refractivity contribution < 1.29 is 8.78 Å². The number of halogens is 2. The Kier molecular flexibility index (Phi) is 6.42. The van der Waals surface area contributed by atoms with Crippen molar-refractivity contribution in [3.05, 3.63) is 59.2 Å². The second-order valence-corrected chi connectivity index (χ2v) is 8.43. The van der Waals surface area contributed by atoms with E-state index in [2.05, 4.69) is 24.2 Å². The Morgan fingerprint density at radius 3 is 2.45 bits per heavy atom. The Hall–Kier alpha value is -2.60. The SMILES string of the molecule is CC1(C)CCC(NCc2c(F)ccc(-c3ccc(C(N)=NC=N)cc3)c2F)CC1. The minimum absolute atomic E-state index is 0.0706. The molecule has 3 rings (SSSR count). The maximum atomic E-state index is 15.1. The van der Waals surface area contributed by atoms with Crippen molar-refractivity contribution in [1.29, 1.82) is 5.41 Å². The number of hydrogen-bond donors (Lipinski definition) is 3. The first kappa shape index (κ1) is 21.1. The molecule has 1 saturated carbocycles. The van der Waals surface area contributed by atoms with Gasteiger partial charge in [0.15, 0.2) is 0 Å². The predicted octanol–water partition coefficient (Wildman–Crippen LogP) is 5.00. The largest absolute Gasteiger partial charge is 0.383 e. The van der Waals surface area contributed by atoms with E-state index in [0.29, 0.717) is 28.1 Å². The third-order valence-electron chi connectivity index (χ3n) is 5.79. The summed E-state index contributed by atoms with van der Waals surface area (Å²) in [5.41, 5.74) is 7.81. The summed E-state index contributed by atoms with van der Waals surface area (Å²) < 4.78 is 29.5. The van der Waals surface area contributed by atoms with E-state index < -0.39 is 11.6 Å². The van der Waals surface area contributed by atoms with Gasteiger partial charge in [-0.15, -0.1) is 0 Å². The van der Waals surface area contributed by atoms with Crippen LogP contribution in [0.3, 0.4) is 0 Å². The van der Waals surface area contributed by atoms with Gasteiger partial charge in [-0.1, -0.05) is 38.1 Å². The molecule has 2 aromatic carbocycles. The predicted molar refractivity (Wildman–Crippen MR) is 114 cm³/mol. The summed E-state index contributed by atoms with van der Waals surface area (Å²) in [6.45, 7) is 4.71. The van der Waals surface area contributed by atoms with Gasteiger partial charge in [-0.05, 0) is 48.8 Å². The topological polar surface area (TPSA) is 74.3 Å². The van der Waals surface area contributed by atoms with Crippen LogP contribution < -0.4 is 11.1 Å². The van der Waals surface area contributed by atoms with Gasteiger partial charge in [-0.2, -0.15) is 0 Å². The van der Waals surface area contributed by atoms with Gasteiger partial charge < -0.3 is 11.1 Å². The monoisotopic (exact) mass is 398 g/mol. The molecule has 4 N–H and O–H groups in total. The highest BCUT2D eigenvalue weighted by Crippen LogP contribution is 2.35. The maximum absolute atomic E-state index is 15.1. The van der Waals surface area contributed by atoms with Gasteiger partial charge in [0.25, 0.3) is 0 Å². The summed E-state index contributed by atoms with van der Waals surface area (Å²) >= 11 is 0. The summed E-state index contributed by atoms with van der Waals surface area (Å²) in [4.78, 5) is 3.72. The van der Waals surface area contributed by atoms with Crippen LogP contribution in [0, 0.1) is 22.5 Å². The van der Waals surface area contributed by atoms with Gasteiger partial charge in [-0.25, -0.2) is 13.8 Å². The molecule has 0 saturated heterocycles. The highest BCUT2D eigenvalue weighted by molar-refractivity contribution is 6.01. The molecular formula is C23H28F2N4. The van der Waals surface area contributed by atoms with E-state index in [1.165, 1.54) is 12.1 Å². The molecular weight excluding hydrogens is 370 g/mol. The summed E-state index contributed by atoms with van der Waals surface area (Å²) in [6.07, 6.45) is 5.15. The third kappa shape index (κ3) is 5.07. The lowest BCUT2D eigenvalue weighted by molar-refractivity contribution is 0.205. The molecule has 6 heteroatoms. The molecule has 0 spiro atoms. The van der Waals surface area contributed by atoms with Gasteiger partial charge >= 0.3 is 0 Å². The van der Waals surface area contributed by atoms with Gasteiger partial charge in [0.2, 0.25) is 0 Å². The number of amidine groups is 1. The lowest BCUT2D eigenvalue weighted by atomic mass is 9.75. The highest BCUT2D eigenvalue weighted by atomic mass is 19.1. The zero-order valence-electron chi connectivity index (χ0n) is 16.9. The smallest absolute Gasteiger partial charge is 0.138 e. The van der Waals surface area contributed by atoms with Crippen molar-refractivity contribution in [2.75, 3.05) is 0 Å². The highest BCUT2D eigenvalue weighted by Gasteiger charge is 2.27. The molecule has 0 radical (unpaired) electrons. The Labute approximate surface area is 170 Å².